The van der Waals surface area contributed by atoms with Gasteiger partial charge in [0.25, 0.3) is 0 Å². The van der Waals surface area contributed by atoms with E-state index in [1.54, 1.807) is 0 Å². The van der Waals surface area contributed by atoms with Crippen LogP contribution in [0.15, 0.2) is 0 Å². The summed E-state index contributed by atoms with van der Waals surface area (Å²) in [6.07, 6.45) is 7.85. The minimum absolute atomic E-state index is 0.219. The molecule has 0 aromatic rings. The van der Waals surface area contributed by atoms with Crippen LogP contribution in [0.1, 0.15) is 52.4 Å². The predicted molar refractivity (Wildman–Crippen MR) is 62.0 cm³/mol. The van der Waals surface area contributed by atoms with Crippen LogP contribution >= 0.6 is 0 Å². The predicted octanol–water partition coefficient (Wildman–Crippen LogP) is 2.27. The molecular weight excluding hydrogens is 172 g/mol. The highest BCUT2D eigenvalue weighted by atomic mass is 14.7. The molecule has 1 unspecified atom stereocenters. The summed E-state index contributed by atoms with van der Waals surface area (Å²) in [5.74, 6) is 0.741. The van der Waals surface area contributed by atoms with Gasteiger partial charge in [-0.05, 0) is 37.1 Å². The third-order valence-electron chi connectivity index (χ3n) is 3.85. The van der Waals surface area contributed by atoms with Gasteiger partial charge in [-0.25, -0.2) is 0 Å². The molecule has 14 heavy (non-hydrogen) atoms. The van der Waals surface area contributed by atoms with E-state index in [4.69, 9.17) is 11.5 Å². The first-order chi connectivity index (χ1) is 6.58. The fourth-order valence-electron chi connectivity index (χ4n) is 2.67. The molecule has 0 aromatic heterocycles. The van der Waals surface area contributed by atoms with Crippen LogP contribution in [0.5, 0.6) is 0 Å². The van der Waals surface area contributed by atoms with E-state index < -0.39 is 0 Å². The molecule has 1 saturated carbocycles. The standard InChI is InChI=1S/C12H26N2/c1-12(2,8-9-13)11(14)10-6-4-3-5-7-10/h10-11H,3-9,13-14H2,1-2H3. The van der Waals surface area contributed by atoms with Crippen LogP contribution in [0, 0.1) is 11.3 Å². The molecule has 0 amide bonds. The van der Waals surface area contributed by atoms with Crippen molar-refractivity contribution in [2.24, 2.45) is 22.8 Å². The quantitative estimate of drug-likeness (QED) is 0.728. The second-order valence-corrected chi connectivity index (χ2v) is 5.45. The van der Waals surface area contributed by atoms with Gasteiger partial charge in [-0.2, -0.15) is 0 Å². The third kappa shape index (κ3) is 2.96. The molecule has 2 heteroatoms. The molecule has 0 heterocycles. The molecule has 1 fully saturated rings. The molecule has 0 aromatic carbocycles. The van der Waals surface area contributed by atoms with Crippen LogP contribution in [0.3, 0.4) is 0 Å². The third-order valence-corrected chi connectivity index (χ3v) is 3.85. The lowest BCUT2D eigenvalue weighted by atomic mass is 9.71. The number of rotatable bonds is 4. The van der Waals surface area contributed by atoms with Crippen molar-refractivity contribution in [3.8, 4) is 0 Å². The van der Waals surface area contributed by atoms with E-state index in [0.717, 1.165) is 18.9 Å². The Bertz CT molecular complexity index is 160. The summed E-state index contributed by atoms with van der Waals surface area (Å²) in [5, 5.41) is 0. The second-order valence-electron chi connectivity index (χ2n) is 5.45. The maximum absolute atomic E-state index is 6.36. The first-order valence-corrected chi connectivity index (χ1v) is 6.03. The van der Waals surface area contributed by atoms with Crippen molar-refractivity contribution in [2.45, 2.75) is 58.4 Å². The van der Waals surface area contributed by atoms with E-state index in [1.165, 1.54) is 32.1 Å². The fraction of sp³-hybridized carbons (Fsp3) is 1.00. The van der Waals surface area contributed by atoms with Crippen molar-refractivity contribution < 1.29 is 0 Å². The van der Waals surface area contributed by atoms with Crippen LogP contribution in [0.2, 0.25) is 0 Å². The fourth-order valence-corrected chi connectivity index (χ4v) is 2.67. The van der Waals surface area contributed by atoms with E-state index in [0.29, 0.717) is 6.04 Å². The Morgan fingerprint density at radius 2 is 1.79 bits per heavy atom. The minimum atomic E-state index is 0.219. The van der Waals surface area contributed by atoms with Crippen molar-refractivity contribution in [2.75, 3.05) is 6.54 Å². The Hall–Kier alpha value is -0.0800. The number of hydrogen-bond donors (Lipinski definition) is 2. The Balaban J connectivity index is 2.48. The van der Waals surface area contributed by atoms with E-state index in [-0.39, 0.29) is 5.41 Å². The highest BCUT2D eigenvalue weighted by Crippen LogP contribution is 2.35. The van der Waals surface area contributed by atoms with Gasteiger partial charge >= 0.3 is 0 Å². The van der Waals surface area contributed by atoms with E-state index >= 15 is 0 Å². The zero-order valence-electron chi connectivity index (χ0n) is 9.76. The summed E-state index contributed by atoms with van der Waals surface area (Å²) in [4.78, 5) is 0. The van der Waals surface area contributed by atoms with Crippen LogP contribution in [0.25, 0.3) is 0 Å². The van der Waals surface area contributed by atoms with Gasteiger partial charge in [0, 0.05) is 6.04 Å². The molecule has 0 bridgehead atoms. The molecule has 0 aliphatic heterocycles. The molecule has 0 saturated heterocycles. The maximum atomic E-state index is 6.36. The van der Waals surface area contributed by atoms with Crippen molar-refractivity contribution in [3.05, 3.63) is 0 Å². The number of hydrogen-bond acceptors (Lipinski definition) is 2. The molecule has 84 valence electrons. The van der Waals surface area contributed by atoms with Crippen molar-refractivity contribution >= 4 is 0 Å². The molecule has 4 N–H and O–H groups in total. The van der Waals surface area contributed by atoms with Crippen molar-refractivity contribution in [1.82, 2.24) is 0 Å². The summed E-state index contributed by atoms with van der Waals surface area (Å²) in [7, 11) is 0. The smallest absolute Gasteiger partial charge is 0.0119 e. The van der Waals surface area contributed by atoms with Gasteiger partial charge in [-0.3, -0.25) is 0 Å². The van der Waals surface area contributed by atoms with Crippen molar-refractivity contribution in [1.29, 1.82) is 0 Å². The largest absolute Gasteiger partial charge is 0.330 e. The van der Waals surface area contributed by atoms with Crippen LogP contribution in [-0.2, 0) is 0 Å². The van der Waals surface area contributed by atoms with Gasteiger partial charge in [-0.1, -0.05) is 33.1 Å². The summed E-state index contributed by atoms with van der Waals surface area (Å²) in [6.45, 7) is 5.28. The molecule has 1 aliphatic rings. The Labute approximate surface area is 88.4 Å². The molecule has 0 spiro atoms. The number of nitrogens with two attached hydrogens (primary N) is 2. The van der Waals surface area contributed by atoms with Gasteiger partial charge in [-0.15, -0.1) is 0 Å². The summed E-state index contributed by atoms with van der Waals surface area (Å²) < 4.78 is 0. The summed E-state index contributed by atoms with van der Waals surface area (Å²) in [5.41, 5.74) is 12.2. The molecule has 1 rings (SSSR count). The highest BCUT2D eigenvalue weighted by Gasteiger charge is 2.32. The van der Waals surface area contributed by atoms with Gasteiger partial charge in [0.05, 0.1) is 0 Å². The maximum Gasteiger partial charge on any atom is 0.0119 e. The average Bonchev–Trinajstić information content (AvgIpc) is 2.18. The minimum Gasteiger partial charge on any atom is -0.330 e. The topological polar surface area (TPSA) is 52.0 Å². The van der Waals surface area contributed by atoms with E-state index in [1.807, 2.05) is 0 Å². The van der Waals surface area contributed by atoms with Crippen LogP contribution in [-0.4, -0.2) is 12.6 Å². The monoisotopic (exact) mass is 198 g/mol. The summed E-state index contributed by atoms with van der Waals surface area (Å²) in [6, 6.07) is 0.339. The molecular formula is C12H26N2. The molecule has 2 nitrogen and oxygen atoms in total. The zero-order chi connectivity index (χ0) is 10.6. The SMILES string of the molecule is CC(C)(CCN)C(N)C1CCCCC1. The average molecular weight is 198 g/mol. The van der Waals surface area contributed by atoms with Gasteiger partial charge in [0.15, 0.2) is 0 Å². The van der Waals surface area contributed by atoms with E-state index in [2.05, 4.69) is 13.8 Å². The van der Waals surface area contributed by atoms with Crippen LogP contribution < -0.4 is 11.5 Å². The molecule has 1 atom stereocenters. The Kier molecular flexibility index (Phi) is 4.39. The zero-order valence-corrected chi connectivity index (χ0v) is 9.76. The summed E-state index contributed by atoms with van der Waals surface area (Å²) >= 11 is 0. The van der Waals surface area contributed by atoms with Crippen LogP contribution in [0.4, 0.5) is 0 Å². The first-order valence-electron chi connectivity index (χ1n) is 6.03. The van der Waals surface area contributed by atoms with Crippen molar-refractivity contribution in [3.63, 3.8) is 0 Å². The van der Waals surface area contributed by atoms with E-state index in [9.17, 15) is 0 Å². The highest BCUT2D eigenvalue weighted by molar-refractivity contribution is 4.88. The normalized spacial score (nSPS) is 22.3. The lowest BCUT2D eigenvalue weighted by Crippen LogP contribution is -2.45. The molecule has 1 aliphatic carbocycles. The second kappa shape index (κ2) is 5.13. The Morgan fingerprint density at radius 3 is 2.29 bits per heavy atom. The lowest BCUT2D eigenvalue weighted by molar-refractivity contribution is 0.168. The lowest BCUT2D eigenvalue weighted by Gasteiger charge is -2.38. The molecule has 0 radical (unpaired) electrons. The first kappa shape index (κ1) is 12.0. The van der Waals surface area contributed by atoms with Gasteiger partial charge in [0.2, 0.25) is 0 Å². The van der Waals surface area contributed by atoms with Gasteiger partial charge in [0.1, 0.15) is 0 Å². The van der Waals surface area contributed by atoms with Gasteiger partial charge < -0.3 is 11.5 Å². The Morgan fingerprint density at radius 1 is 1.21 bits per heavy atom.